The van der Waals surface area contributed by atoms with E-state index in [0.717, 1.165) is 30.0 Å². The minimum absolute atomic E-state index is 0.173. The van der Waals surface area contributed by atoms with E-state index in [2.05, 4.69) is 28.5 Å². The standard InChI is InChI=1S/C17H17N3OS/c1-11-16(17(21)20-14(10-18)13-7-8-13)22-15(19-11)9-12-5-3-2-4-6-12/h2-6,13-14H,7-9H2,1H3,(H,20,21). The Morgan fingerprint density at radius 2 is 2.18 bits per heavy atom. The minimum atomic E-state index is -0.369. The number of rotatable bonds is 5. The van der Waals surface area contributed by atoms with Crippen LogP contribution in [0, 0.1) is 24.2 Å². The van der Waals surface area contributed by atoms with Crippen molar-refractivity contribution >= 4 is 17.2 Å². The monoisotopic (exact) mass is 311 g/mol. The molecule has 112 valence electrons. The van der Waals surface area contributed by atoms with Crippen LogP contribution in [0.25, 0.3) is 0 Å². The predicted octanol–water partition coefficient (Wildman–Crippen LogP) is 3.07. The molecule has 5 heteroatoms. The summed E-state index contributed by atoms with van der Waals surface area (Å²) in [5.74, 6) is 0.152. The lowest BCUT2D eigenvalue weighted by Gasteiger charge is -2.09. The fourth-order valence-electron chi connectivity index (χ4n) is 2.40. The molecule has 1 aliphatic carbocycles. The molecular formula is C17H17N3OS. The fraction of sp³-hybridized carbons (Fsp3) is 0.353. The summed E-state index contributed by atoms with van der Waals surface area (Å²) < 4.78 is 0. The molecule has 22 heavy (non-hydrogen) atoms. The third-order valence-corrected chi connectivity index (χ3v) is 4.92. The van der Waals surface area contributed by atoms with Crippen LogP contribution in [0.3, 0.4) is 0 Å². The number of benzene rings is 1. The van der Waals surface area contributed by atoms with Crippen LogP contribution in [0.1, 0.15) is 38.8 Å². The second kappa shape index (κ2) is 6.29. The number of aromatic nitrogens is 1. The first-order chi connectivity index (χ1) is 10.7. The molecule has 0 aliphatic heterocycles. The van der Waals surface area contributed by atoms with Gasteiger partial charge in [-0.1, -0.05) is 30.3 Å². The molecule has 1 unspecified atom stereocenters. The highest BCUT2D eigenvalue weighted by Crippen LogP contribution is 2.32. The topological polar surface area (TPSA) is 65.8 Å². The van der Waals surface area contributed by atoms with E-state index < -0.39 is 0 Å². The second-order valence-electron chi connectivity index (χ2n) is 5.60. The molecule has 1 fully saturated rings. The van der Waals surface area contributed by atoms with Gasteiger partial charge in [0.15, 0.2) is 0 Å². The molecule has 1 N–H and O–H groups in total. The van der Waals surface area contributed by atoms with Gasteiger partial charge >= 0.3 is 0 Å². The number of carbonyl (C=O) groups excluding carboxylic acids is 1. The van der Waals surface area contributed by atoms with Gasteiger partial charge in [-0.15, -0.1) is 11.3 Å². The van der Waals surface area contributed by atoms with Gasteiger partial charge in [-0.2, -0.15) is 5.26 Å². The van der Waals surface area contributed by atoms with E-state index in [4.69, 9.17) is 5.26 Å². The Kier molecular flexibility index (Phi) is 4.21. The van der Waals surface area contributed by atoms with Crippen molar-refractivity contribution in [3.8, 4) is 6.07 Å². The largest absolute Gasteiger partial charge is 0.335 e. The van der Waals surface area contributed by atoms with Crippen LogP contribution in [0.4, 0.5) is 0 Å². The molecule has 0 radical (unpaired) electrons. The van der Waals surface area contributed by atoms with Gasteiger partial charge < -0.3 is 5.32 Å². The van der Waals surface area contributed by atoms with Crippen LogP contribution in [0.5, 0.6) is 0 Å². The normalized spacial score (nSPS) is 15.1. The summed E-state index contributed by atoms with van der Waals surface area (Å²) in [5, 5.41) is 12.9. The Morgan fingerprint density at radius 3 is 2.82 bits per heavy atom. The van der Waals surface area contributed by atoms with E-state index in [9.17, 15) is 4.79 Å². The highest BCUT2D eigenvalue weighted by molar-refractivity contribution is 7.13. The number of aryl methyl sites for hydroxylation is 1. The Hall–Kier alpha value is -2.19. The molecule has 1 aromatic heterocycles. The van der Waals surface area contributed by atoms with Crippen molar-refractivity contribution in [2.75, 3.05) is 0 Å². The number of hydrogen-bond donors (Lipinski definition) is 1. The highest BCUT2D eigenvalue weighted by Gasteiger charge is 2.33. The Labute approximate surface area is 133 Å². The number of thiazole rings is 1. The smallest absolute Gasteiger partial charge is 0.264 e. The number of nitriles is 1. The molecule has 2 aromatic rings. The molecule has 1 heterocycles. The number of nitrogens with one attached hydrogen (secondary N) is 1. The maximum absolute atomic E-state index is 12.3. The summed E-state index contributed by atoms with van der Waals surface area (Å²) in [6, 6.07) is 11.9. The summed E-state index contributed by atoms with van der Waals surface area (Å²) >= 11 is 1.41. The zero-order chi connectivity index (χ0) is 15.5. The van der Waals surface area contributed by atoms with Crippen molar-refractivity contribution in [1.29, 1.82) is 5.26 Å². The van der Waals surface area contributed by atoms with Crippen LogP contribution >= 0.6 is 11.3 Å². The SMILES string of the molecule is Cc1nc(Cc2ccccc2)sc1C(=O)NC(C#N)C1CC1. The van der Waals surface area contributed by atoms with Gasteiger partial charge in [0.25, 0.3) is 5.91 Å². The summed E-state index contributed by atoms with van der Waals surface area (Å²) in [7, 11) is 0. The molecule has 3 rings (SSSR count). The van der Waals surface area contributed by atoms with Gasteiger partial charge in [0.2, 0.25) is 0 Å². The molecular weight excluding hydrogens is 294 g/mol. The zero-order valence-electron chi connectivity index (χ0n) is 12.4. The molecule has 0 bridgehead atoms. The van der Waals surface area contributed by atoms with Crippen molar-refractivity contribution in [3.05, 3.63) is 51.5 Å². The zero-order valence-corrected chi connectivity index (χ0v) is 13.2. The van der Waals surface area contributed by atoms with E-state index in [1.165, 1.54) is 16.9 Å². The molecule has 1 amide bonds. The lowest BCUT2D eigenvalue weighted by Crippen LogP contribution is -2.35. The summed E-state index contributed by atoms with van der Waals surface area (Å²) in [6.45, 7) is 1.85. The van der Waals surface area contributed by atoms with Crippen molar-refractivity contribution in [1.82, 2.24) is 10.3 Å². The second-order valence-corrected chi connectivity index (χ2v) is 6.69. The van der Waals surface area contributed by atoms with Crippen molar-refractivity contribution in [2.45, 2.75) is 32.2 Å². The van der Waals surface area contributed by atoms with Gasteiger partial charge in [-0.25, -0.2) is 4.98 Å². The van der Waals surface area contributed by atoms with E-state index >= 15 is 0 Å². The van der Waals surface area contributed by atoms with Gasteiger partial charge in [-0.3, -0.25) is 4.79 Å². The van der Waals surface area contributed by atoms with E-state index in [1.54, 1.807) is 0 Å². The quantitative estimate of drug-likeness (QED) is 0.923. The van der Waals surface area contributed by atoms with Crippen LogP contribution in [-0.4, -0.2) is 16.9 Å². The highest BCUT2D eigenvalue weighted by atomic mass is 32.1. The third kappa shape index (κ3) is 3.34. The van der Waals surface area contributed by atoms with Crippen molar-refractivity contribution in [3.63, 3.8) is 0 Å². The number of hydrogen-bond acceptors (Lipinski definition) is 4. The number of nitrogens with zero attached hydrogens (tertiary/aromatic N) is 2. The molecule has 4 nitrogen and oxygen atoms in total. The molecule has 0 saturated heterocycles. The maximum atomic E-state index is 12.3. The first-order valence-corrected chi connectivity index (χ1v) is 8.19. The lowest BCUT2D eigenvalue weighted by atomic mass is 10.2. The van der Waals surface area contributed by atoms with Gasteiger partial charge in [0.05, 0.1) is 16.8 Å². The average Bonchev–Trinajstić information content (AvgIpc) is 3.29. The van der Waals surface area contributed by atoms with Crippen LogP contribution < -0.4 is 5.32 Å². The average molecular weight is 311 g/mol. The van der Waals surface area contributed by atoms with Gasteiger partial charge in [0.1, 0.15) is 10.9 Å². The van der Waals surface area contributed by atoms with Gasteiger partial charge in [0, 0.05) is 6.42 Å². The fourth-order valence-corrected chi connectivity index (χ4v) is 3.40. The Balaban J connectivity index is 1.71. The van der Waals surface area contributed by atoms with E-state index in [0.29, 0.717) is 10.8 Å². The lowest BCUT2D eigenvalue weighted by molar-refractivity contribution is 0.0945. The van der Waals surface area contributed by atoms with Gasteiger partial charge in [-0.05, 0) is 31.2 Å². The first-order valence-electron chi connectivity index (χ1n) is 7.38. The van der Waals surface area contributed by atoms with Crippen LogP contribution in [0.15, 0.2) is 30.3 Å². The molecule has 0 spiro atoms. The predicted molar refractivity (Wildman–Crippen MR) is 85.7 cm³/mol. The Bertz CT molecular complexity index is 713. The van der Waals surface area contributed by atoms with E-state index in [1.807, 2.05) is 25.1 Å². The minimum Gasteiger partial charge on any atom is -0.335 e. The van der Waals surface area contributed by atoms with Crippen LogP contribution in [-0.2, 0) is 6.42 Å². The first kappa shape index (κ1) is 14.7. The maximum Gasteiger partial charge on any atom is 0.264 e. The number of carbonyl (C=O) groups is 1. The van der Waals surface area contributed by atoms with Crippen molar-refractivity contribution < 1.29 is 4.79 Å². The number of amides is 1. The molecule has 1 saturated carbocycles. The van der Waals surface area contributed by atoms with Crippen LogP contribution in [0.2, 0.25) is 0 Å². The summed E-state index contributed by atoms with van der Waals surface area (Å²) in [5.41, 5.74) is 1.91. The Morgan fingerprint density at radius 1 is 1.45 bits per heavy atom. The summed E-state index contributed by atoms with van der Waals surface area (Å²) in [6.07, 6.45) is 2.78. The van der Waals surface area contributed by atoms with E-state index in [-0.39, 0.29) is 11.9 Å². The molecule has 1 aliphatic rings. The third-order valence-electron chi connectivity index (χ3n) is 3.76. The summed E-state index contributed by atoms with van der Waals surface area (Å²) in [4.78, 5) is 17.5. The molecule has 1 atom stereocenters. The van der Waals surface area contributed by atoms with Crippen molar-refractivity contribution in [2.24, 2.45) is 5.92 Å². The molecule has 1 aromatic carbocycles.